The summed E-state index contributed by atoms with van der Waals surface area (Å²) >= 11 is 1.71. The van der Waals surface area contributed by atoms with Gasteiger partial charge in [0.05, 0.1) is 6.54 Å². The van der Waals surface area contributed by atoms with E-state index >= 15 is 0 Å². The van der Waals surface area contributed by atoms with Crippen LogP contribution < -0.4 is 4.74 Å². The van der Waals surface area contributed by atoms with Crippen LogP contribution in [-0.2, 0) is 4.79 Å². The van der Waals surface area contributed by atoms with E-state index < -0.39 is 0 Å². The SMILES string of the molecule is CSCCC(=O)N1CC[C@@H](Oc2ccccc2)C1. The maximum absolute atomic E-state index is 11.9. The molecule has 1 aliphatic rings. The summed E-state index contributed by atoms with van der Waals surface area (Å²) in [5, 5.41) is 0. The molecule has 98 valence electrons. The van der Waals surface area contributed by atoms with E-state index in [4.69, 9.17) is 4.74 Å². The van der Waals surface area contributed by atoms with Gasteiger partial charge in [0.15, 0.2) is 0 Å². The van der Waals surface area contributed by atoms with Crippen molar-refractivity contribution < 1.29 is 9.53 Å². The lowest BCUT2D eigenvalue weighted by Gasteiger charge is -2.17. The number of para-hydroxylation sites is 1. The minimum Gasteiger partial charge on any atom is -0.489 e. The third-order valence-corrected chi connectivity index (χ3v) is 3.68. The first-order valence-corrected chi connectivity index (χ1v) is 7.67. The summed E-state index contributed by atoms with van der Waals surface area (Å²) in [6, 6.07) is 9.81. The lowest BCUT2D eigenvalue weighted by atomic mass is 10.3. The predicted molar refractivity (Wildman–Crippen MR) is 75.1 cm³/mol. The fourth-order valence-corrected chi connectivity index (χ4v) is 2.47. The largest absolute Gasteiger partial charge is 0.489 e. The molecule has 1 fully saturated rings. The van der Waals surface area contributed by atoms with E-state index in [1.54, 1.807) is 11.8 Å². The maximum Gasteiger partial charge on any atom is 0.223 e. The van der Waals surface area contributed by atoms with Gasteiger partial charge in [-0.25, -0.2) is 0 Å². The molecule has 1 aromatic carbocycles. The Kier molecular flexibility index (Phi) is 4.93. The van der Waals surface area contributed by atoms with Gasteiger partial charge in [-0.2, -0.15) is 11.8 Å². The minimum atomic E-state index is 0.144. The third-order valence-electron chi connectivity index (χ3n) is 3.06. The molecule has 0 bridgehead atoms. The Morgan fingerprint density at radius 1 is 1.44 bits per heavy atom. The van der Waals surface area contributed by atoms with Crippen molar-refractivity contribution in [3.05, 3.63) is 30.3 Å². The molecule has 3 nitrogen and oxygen atoms in total. The summed E-state index contributed by atoms with van der Waals surface area (Å²) in [7, 11) is 0. The normalized spacial score (nSPS) is 18.9. The fraction of sp³-hybridized carbons (Fsp3) is 0.500. The molecule has 1 heterocycles. The van der Waals surface area contributed by atoms with Gasteiger partial charge in [-0.15, -0.1) is 0 Å². The smallest absolute Gasteiger partial charge is 0.223 e. The summed E-state index contributed by atoms with van der Waals surface area (Å²) in [6.45, 7) is 1.55. The van der Waals surface area contributed by atoms with Gasteiger partial charge in [-0.05, 0) is 18.4 Å². The van der Waals surface area contributed by atoms with Crippen molar-refractivity contribution in [3.63, 3.8) is 0 Å². The Labute approximate surface area is 113 Å². The first-order valence-electron chi connectivity index (χ1n) is 6.28. The van der Waals surface area contributed by atoms with Crippen LogP contribution in [0.1, 0.15) is 12.8 Å². The molecule has 0 saturated carbocycles. The van der Waals surface area contributed by atoms with Gasteiger partial charge in [-0.1, -0.05) is 18.2 Å². The Hall–Kier alpha value is -1.16. The van der Waals surface area contributed by atoms with Crippen LogP contribution in [0.4, 0.5) is 0 Å². The van der Waals surface area contributed by atoms with Crippen molar-refractivity contribution in [2.75, 3.05) is 25.1 Å². The molecule has 0 aliphatic carbocycles. The Bertz CT molecular complexity index is 383. The zero-order valence-electron chi connectivity index (χ0n) is 10.7. The van der Waals surface area contributed by atoms with Crippen LogP contribution >= 0.6 is 11.8 Å². The molecular formula is C14H19NO2S. The van der Waals surface area contributed by atoms with Gasteiger partial charge in [-0.3, -0.25) is 4.79 Å². The second-order valence-electron chi connectivity index (χ2n) is 4.42. The lowest BCUT2D eigenvalue weighted by Crippen LogP contribution is -2.31. The van der Waals surface area contributed by atoms with Crippen molar-refractivity contribution in [2.24, 2.45) is 0 Å². The van der Waals surface area contributed by atoms with E-state index in [2.05, 4.69) is 0 Å². The molecule has 0 aromatic heterocycles. The zero-order chi connectivity index (χ0) is 12.8. The first kappa shape index (κ1) is 13.3. The minimum absolute atomic E-state index is 0.144. The number of rotatable bonds is 5. The molecule has 1 aliphatic heterocycles. The number of benzene rings is 1. The van der Waals surface area contributed by atoms with Crippen LogP contribution in [0.3, 0.4) is 0 Å². The number of ether oxygens (including phenoxy) is 1. The average molecular weight is 265 g/mol. The summed E-state index contributed by atoms with van der Waals surface area (Å²) in [4.78, 5) is 13.8. The maximum atomic E-state index is 11.9. The van der Waals surface area contributed by atoms with Gasteiger partial charge in [0.25, 0.3) is 0 Å². The molecule has 0 unspecified atom stereocenters. The summed E-state index contributed by atoms with van der Waals surface area (Å²) in [5.74, 6) is 2.05. The predicted octanol–water partition coefficient (Wildman–Crippen LogP) is 2.42. The van der Waals surface area contributed by atoms with Gasteiger partial charge in [0.1, 0.15) is 11.9 Å². The molecule has 0 spiro atoms. The highest BCUT2D eigenvalue weighted by atomic mass is 32.2. The standard InChI is InChI=1S/C14H19NO2S/c1-18-10-8-14(16)15-9-7-13(11-15)17-12-5-3-2-4-6-12/h2-6,13H,7-11H2,1H3/t13-/m1/s1. The molecule has 1 saturated heterocycles. The van der Waals surface area contributed by atoms with E-state index in [-0.39, 0.29) is 12.0 Å². The van der Waals surface area contributed by atoms with E-state index in [9.17, 15) is 4.79 Å². The van der Waals surface area contributed by atoms with Crippen LogP contribution in [-0.4, -0.2) is 42.0 Å². The van der Waals surface area contributed by atoms with Crippen LogP contribution in [0.5, 0.6) is 5.75 Å². The Morgan fingerprint density at radius 3 is 2.94 bits per heavy atom. The van der Waals surface area contributed by atoms with Crippen molar-refractivity contribution in [1.29, 1.82) is 0 Å². The fourth-order valence-electron chi connectivity index (χ4n) is 2.09. The summed E-state index contributed by atoms with van der Waals surface area (Å²) in [6.07, 6.45) is 3.74. The highest BCUT2D eigenvalue weighted by Crippen LogP contribution is 2.18. The van der Waals surface area contributed by atoms with Gasteiger partial charge in [0, 0.05) is 25.1 Å². The molecule has 1 aromatic rings. The van der Waals surface area contributed by atoms with Crippen LogP contribution in [0.15, 0.2) is 30.3 Å². The summed E-state index contributed by atoms with van der Waals surface area (Å²) in [5.41, 5.74) is 0. The average Bonchev–Trinajstić information content (AvgIpc) is 2.86. The third kappa shape index (κ3) is 3.67. The van der Waals surface area contributed by atoms with E-state index in [0.717, 1.165) is 31.0 Å². The quantitative estimate of drug-likeness (QED) is 0.819. The topological polar surface area (TPSA) is 29.5 Å². The molecule has 0 radical (unpaired) electrons. The number of likely N-dealkylation sites (tertiary alicyclic amines) is 1. The Balaban J connectivity index is 1.80. The van der Waals surface area contributed by atoms with Gasteiger partial charge in [0.2, 0.25) is 5.91 Å². The first-order chi connectivity index (χ1) is 8.79. The highest BCUT2D eigenvalue weighted by Gasteiger charge is 2.26. The molecule has 1 atom stereocenters. The monoisotopic (exact) mass is 265 g/mol. The number of carbonyl (C=O) groups excluding carboxylic acids is 1. The van der Waals surface area contributed by atoms with Crippen LogP contribution in [0, 0.1) is 0 Å². The van der Waals surface area contributed by atoms with Gasteiger partial charge < -0.3 is 9.64 Å². The molecule has 0 N–H and O–H groups in total. The second-order valence-corrected chi connectivity index (χ2v) is 5.41. The number of nitrogens with zero attached hydrogens (tertiary/aromatic N) is 1. The van der Waals surface area contributed by atoms with E-state index in [0.29, 0.717) is 6.42 Å². The van der Waals surface area contributed by atoms with E-state index in [1.165, 1.54) is 0 Å². The molecule has 4 heteroatoms. The van der Waals surface area contributed by atoms with Crippen molar-refractivity contribution >= 4 is 17.7 Å². The second kappa shape index (κ2) is 6.69. The van der Waals surface area contributed by atoms with Crippen molar-refractivity contribution in [2.45, 2.75) is 18.9 Å². The zero-order valence-corrected chi connectivity index (χ0v) is 11.5. The highest BCUT2D eigenvalue weighted by molar-refractivity contribution is 7.98. The molecule has 18 heavy (non-hydrogen) atoms. The molecular weight excluding hydrogens is 246 g/mol. The lowest BCUT2D eigenvalue weighted by molar-refractivity contribution is -0.129. The van der Waals surface area contributed by atoms with Crippen molar-refractivity contribution in [1.82, 2.24) is 4.90 Å². The van der Waals surface area contributed by atoms with Crippen LogP contribution in [0.2, 0.25) is 0 Å². The van der Waals surface area contributed by atoms with Gasteiger partial charge >= 0.3 is 0 Å². The van der Waals surface area contributed by atoms with Crippen LogP contribution in [0.25, 0.3) is 0 Å². The summed E-state index contributed by atoms with van der Waals surface area (Å²) < 4.78 is 5.86. The Morgan fingerprint density at radius 2 is 2.22 bits per heavy atom. The number of hydrogen-bond acceptors (Lipinski definition) is 3. The van der Waals surface area contributed by atoms with E-state index in [1.807, 2.05) is 41.5 Å². The number of hydrogen-bond donors (Lipinski definition) is 0. The molecule has 1 amide bonds. The number of carbonyl (C=O) groups is 1. The number of amides is 1. The molecule has 2 rings (SSSR count). The van der Waals surface area contributed by atoms with Crippen molar-refractivity contribution in [3.8, 4) is 5.75 Å². The number of thioether (sulfide) groups is 1.